The fourth-order valence-corrected chi connectivity index (χ4v) is 4.63. The Bertz CT molecular complexity index is 832. The molecule has 4 rings (SSSR count). The van der Waals surface area contributed by atoms with Crippen molar-refractivity contribution in [2.45, 2.75) is 31.7 Å². The number of methoxy groups -OCH3 is 1. The number of allylic oxidation sites excluding steroid dienone is 1. The zero-order valence-corrected chi connectivity index (χ0v) is 14.9. The Hall–Kier alpha value is -2.57. The molecule has 2 bridgehead atoms. The van der Waals surface area contributed by atoms with E-state index in [2.05, 4.69) is 11.4 Å². The maximum atomic E-state index is 13.5. The van der Waals surface area contributed by atoms with Gasteiger partial charge in [0.15, 0.2) is 11.6 Å². The van der Waals surface area contributed by atoms with Gasteiger partial charge >= 0.3 is 5.97 Å². The summed E-state index contributed by atoms with van der Waals surface area (Å²) in [7, 11) is 1.30. The van der Waals surface area contributed by atoms with Crippen LogP contribution in [0.1, 0.15) is 36.0 Å². The van der Waals surface area contributed by atoms with E-state index in [1.54, 1.807) is 0 Å². The van der Waals surface area contributed by atoms with Crippen LogP contribution in [0.15, 0.2) is 23.8 Å². The minimum Gasteiger partial charge on any atom is -0.505 e. The molecule has 0 heterocycles. The number of halogens is 1. The number of phenolic OH excluding ortho intramolecular Hbond substituents is 1. The van der Waals surface area contributed by atoms with Crippen molar-refractivity contribution >= 4 is 11.9 Å². The highest BCUT2D eigenvalue weighted by Crippen LogP contribution is 2.53. The molecule has 3 saturated carbocycles. The van der Waals surface area contributed by atoms with Crippen molar-refractivity contribution in [3.05, 3.63) is 35.2 Å². The Morgan fingerprint density at radius 1 is 1.33 bits per heavy atom. The van der Waals surface area contributed by atoms with E-state index in [9.17, 15) is 24.2 Å². The Morgan fingerprint density at radius 3 is 2.70 bits per heavy atom. The molecule has 0 saturated heterocycles. The van der Waals surface area contributed by atoms with E-state index >= 15 is 0 Å². The molecule has 3 fully saturated rings. The number of carbonyl (C=O) groups excluding carboxylic acids is 1. The smallest absolute Gasteiger partial charge is 0.308 e. The van der Waals surface area contributed by atoms with Crippen molar-refractivity contribution in [1.82, 2.24) is 5.32 Å². The second-order valence-electron chi connectivity index (χ2n) is 7.75. The van der Waals surface area contributed by atoms with Gasteiger partial charge in [0.05, 0.1) is 18.6 Å². The van der Waals surface area contributed by atoms with Gasteiger partial charge in [0.25, 0.3) is 5.91 Å². The Balaban J connectivity index is 1.61. The van der Waals surface area contributed by atoms with Gasteiger partial charge in [-0.1, -0.05) is 11.6 Å². The van der Waals surface area contributed by atoms with Crippen LogP contribution in [-0.2, 0) is 4.79 Å². The maximum Gasteiger partial charge on any atom is 0.308 e. The number of hydrogen-bond acceptors (Lipinski definition) is 4. The molecule has 3 aliphatic rings. The van der Waals surface area contributed by atoms with Gasteiger partial charge in [0.1, 0.15) is 5.75 Å². The van der Waals surface area contributed by atoms with Crippen molar-refractivity contribution < 1.29 is 28.9 Å². The Morgan fingerprint density at radius 2 is 2.07 bits per heavy atom. The molecule has 144 valence electrons. The number of carboxylic acid groups (broad SMARTS) is 1. The second-order valence-corrected chi connectivity index (χ2v) is 7.75. The first kappa shape index (κ1) is 17.8. The third kappa shape index (κ3) is 3.15. The molecule has 6 nitrogen and oxygen atoms in total. The molecule has 3 N–H and O–H groups in total. The van der Waals surface area contributed by atoms with E-state index in [4.69, 9.17) is 4.74 Å². The molecule has 0 spiro atoms. The number of carboxylic acids is 1. The molecule has 0 radical (unpaired) electrons. The van der Waals surface area contributed by atoms with Crippen molar-refractivity contribution in [3.8, 4) is 11.5 Å². The highest BCUT2D eigenvalue weighted by atomic mass is 19.1. The lowest BCUT2D eigenvalue weighted by Gasteiger charge is -2.31. The molecule has 27 heavy (non-hydrogen) atoms. The van der Waals surface area contributed by atoms with Crippen LogP contribution in [-0.4, -0.2) is 35.2 Å². The first-order valence-electron chi connectivity index (χ1n) is 9.19. The molecule has 4 atom stereocenters. The summed E-state index contributed by atoms with van der Waals surface area (Å²) in [4.78, 5) is 24.6. The topological polar surface area (TPSA) is 95.9 Å². The van der Waals surface area contributed by atoms with Crippen LogP contribution in [0.25, 0.3) is 0 Å². The van der Waals surface area contributed by atoms with E-state index in [1.165, 1.54) is 25.5 Å². The van der Waals surface area contributed by atoms with Crippen LogP contribution >= 0.6 is 0 Å². The van der Waals surface area contributed by atoms with Crippen LogP contribution in [0.5, 0.6) is 11.5 Å². The van der Waals surface area contributed by atoms with Gasteiger partial charge in [-0.05, 0) is 43.6 Å². The minimum absolute atomic E-state index is 0.00780. The number of carbonyl (C=O) groups is 2. The molecule has 1 aromatic carbocycles. The quantitative estimate of drug-likeness (QED) is 0.688. The highest BCUT2D eigenvalue weighted by Gasteiger charge is 2.54. The number of aromatic hydroxyl groups is 1. The molecule has 1 aromatic rings. The summed E-state index contributed by atoms with van der Waals surface area (Å²) in [6.07, 6.45) is 6.14. The summed E-state index contributed by atoms with van der Waals surface area (Å²) in [5.41, 5.74) is 1.23. The number of ether oxygens (including phenoxy) is 1. The predicted molar refractivity (Wildman–Crippen MR) is 94.0 cm³/mol. The van der Waals surface area contributed by atoms with Crippen molar-refractivity contribution in [3.63, 3.8) is 0 Å². The minimum atomic E-state index is -0.910. The maximum absolute atomic E-state index is 13.5. The molecule has 0 unspecified atom stereocenters. The molecule has 7 heteroatoms. The summed E-state index contributed by atoms with van der Waals surface area (Å²) in [6.45, 7) is 0. The largest absolute Gasteiger partial charge is 0.505 e. The Kier molecular flexibility index (Phi) is 4.32. The third-order valence-corrected chi connectivity index (χ3v) is 6.03. The number of benzene rings is 1. The summed E-state index contributed by atoms with van der Waals surface area (Å²) in [5, 5.41) is 22.1. The molecule has 1 amide bonds. The number of hydrogen-bond donors (Lipinski definition) is 3. The summed E-state index contributed by atoms with van der Waals surface area (Å²) in [5.74, 6) is -3.05. The second kappa shape index (κ2) is 6.55. The number of aliphatic carboxylic acids is 1. The van der Waals surface area contributed by atoms with Crippen molar-refractivity contribution in [2.75, 3.05) is 7.11 Å². The average molecular weight is 375 g/mol. The van der Waals surface area contributed by atoms with Crippen LogP contribution in [0.3, 0.4) is 0 Å². The van der Waals surface area contributed by atoms with Crippen LogP contribution in [0, 0.1) is 29.5 Å². The van der Waals surface area contributed by atoms with E-state index in [0.29, 0.717) is 5.92 Å². The zero-order chi connectivity index (χ0) is 19.3. The predicted octanol–water partition coefficient (Wildman–Crippen LogP) is 2.72. The number of rotatable bonds is 5. The molecule has 0 aromatic heterocycles. The fourth-order valence-electron chi connectivity index (χ4n) is 4.63. The number of phenols is 1. The number of amides is 1. The number of nitrogens with one attached hydrogen (secondary N) is 1. The average Bonchev–Trinajstić information content (AvgIpc) is 3.24. The molecule has 0 aliphatic heterocycles. The van der Waals surface area contributed by atoms with Gasteiger partial charge in [0.2, 0.25) is 0 Å². The zero-order valence-electron chi connectivity index (χ0n) is 14.9. The van der Waals surface area contributed by atoms with Crippen molar-refractivity contribution in [2.24, 2.45) is 23.7 Å². The summed E-state index contributed by atoms with van der Waals surface area (Å²) >= 11 is 0. The lowest BCUT2D eigenvalue weighted by molar-refractivity contribution is -0.144. The highest BCUT2D eigenvalue weighted by molar-refractivity contribution is 5.98. The molecule has 3 aliphatic carbocycles. The SMILES string of the molecule is COc1cc(F)c(O)cc1C(=O)N[C@H]1[C@@H](C(=O)O)[C@@H]2CC(=CC3CC3)[C@H]1C2. The first-order valence-corrected chi connectivity index (χ1v) is 9.19. The summed E-state index contributed by atoms with van der Waals surface area (Å²) < 4.78 is 18.6. The van der Waals surface area contributed by atoms with Crippen LogP contribution in [0.4, 0.5) is 4.39 Å². The molecular weight excluding hydrogens is 353 g/mol. The van der Waals surface area contributed by atoms with Gasteiger partial charge in [-0.3, -0.25) is 9.59 Å². The fraction of sp³-hybridized carbons (Fsp3) is 0.500. The van der Waals surface area contributed by atoms with Crippen LogP contribution in [0.2, 0.25) is 0 Å². The Labute approximate surface area is 156 Å². The lowest BCUT2D eigenvalue weighted by Crippen LogP contribution is -2.47. The van der Waals surface area contributed by atoms with Gasteiger partial charge in [0, 0.05) is 18.0 Å². The normalized spacial score (nSPS) is 30.5. The van der Waals surface area contributed by atoms with E-state index in [0.717, 1.165) is 25.0 Å². The third-order valence-electron chi connectivity index (χ3n) is 6.03. The monoisotopic (exact) mass is 375 g/mol. The van der Waals surface area contributed by atoms with Gasteiger partial charge < -0.3 is 20.3 Å². The standard InChI is InChI=1S/C20H22FNO5/c1-27-16-8-14(21)15(23)7-13(16)19(24)22-18-12-6-11(17(18)20(25)26)5-10(12)4-9-2-3-9/h4,7-9,11-12,17-18,23H,2-3,5-6H2,1H3,(H,22,24)(H,25,26)/t11-,12-,17+,18-/m1/s1. The lowest BCUT2D eigenvalue weighted by atomic mass is 9.81. The summed E-state index contributed by atoms with van der Waals surface area (Å²) in [6, 6.07) is 1.43. The van der Waals surface area contributed by atoms with E-state index < -0.39 is 35.4 Å². The van der Waals surface area contributed by atoms with Gasteiger partial charge in [-0.2, -0.15) is 0 Å². The van der Waals surface area contributed by atoms with Crippen LogP contribution < -0.4 is 10.1 Å². The molecular formula is C20H22FNO5. The van der Waals surface area contributed by atoms with Gasteiger partial charge in [-0.15, -0.1) is 0 Å². The number of fused-ring (bicyclic) bond motifs is 2. The first-order chi connectivity index (χ1) is 12.9. The van der Waals surface area contributed by atoms with Crippen molar-refractivity contribution in [1.29, 1.82) is 0 Å². The van der Waals surface area contributed by atoms with E-state index in [-0.39, 0.29) is 23.1 Å². The van der Waals surface area contributed by atoms with Gasteiger partial charge in [-0.25, -0.2) is 4.39 Å². The van der Waals surface area contributed by atoms with E-state index in [1.807, 2.05) is 0 Å².